The van der Waals surface area contributed by atoms with E-state index in [-0.39, 0.29) is 11.9 Å². The summed E-state index contributed by atoms with van der Waals surface area (Å²) >= 11 is 5.05. The van der Waals surface area contributed by atoms with Crippen LogP contribution in [0.4, 0.5) is 0 Å². The molecule has 18 heavy (non-hydrogen) atoms. The Kier molecular flexibility index (Phi) is 6.79. The SMILES string of the molecule is CC(C)[C@H](C)NC(=O)CSCc1ccc(Br)cc1. The van der Waals surface area contributed by atoms with Crippen molar-refractivity contribution in [3.63, 3.8) is 0 Å². The normalized spacial score (nSPS) is 12.5. The predicted molar refractivity (Wildman–Crippen MR) is 82.7 cm³/mol. The highest BCUT2D eigenvalue weighted by atomic mass is 79.9. The van der Waals surface area contributed by atoms with Crippen molar-refractivity contribution in [2.45, 2.75) is 32.6 Å². The number of rotatable bonds is 6. The number of benzene rings is 1. The number of halogens is 1. The van der Waals surface area contributed by atoms with E-state index < -0.39 is 0 Å². The molecule has 1 aromatic carbocycles. The van der Waals surface area contributed by atoms with Gasteiger partial charge in [-0.15, -0.1) is 11.8 Å². The van der Waals surface area contributed by atoms with Crippen molar-refractivity contribution in [2.75, 3.05) is 5.75 Å². The van der Waals surface area contributed by atoms with Crippen LogP contribution in [0.1, 0.15) is 26.3 Å². The lowest BCUT2D eigenvalue weighted by atomic mass is 10.1. The molecule has 1 amide bonds. The largest absolute Gasteiger partial charge is 0.353 e. The molecular weight excluding hydrogens is 310 g/mol. The highest BCUT2D eigenvalue weighted by Gasteiger charge is 2.10. The van der Waals surface area contributed by atoms with E-state index in [1.54, 1.807) is 11.8 Å². The molecule has 0 saturated heterocycles. The molecule has 2 nitrogen and oxygen atoms in total. The molecule has 0 fully saturated rings. The van der Waals surface area contributed by atoms with Crippen molar-refractivity contribution < 1.29 is 4.79 Å². The number of amides is 1. The second kappa shape index (κ2) is 7.85. The number of hydrogen-bond donors (Lipinski definition) is 1. The van der Waals surface area contributed by atoms with Gasteiger partial charge in [0.15, 0.2) is 0 Å². The summed E-state index contributed by atoms with van der Waals surface area (Å²) in [6.07, 6.45) is 0. The van der Waals surface area contributed by atoms with Gasteiger partial charge in [0.1, 0.15) is 0 Å². The number of thioether (sulfide) groups is 1. The smallest absolute Gasteiger partial charge is 0.230 e. The first-order valence-corrected chi connectivity index (χ1v) is 8.05. The highest BCUT2D eigenvalue weighted by molar-refractivity contribution is 9.10. The second-order valence-electron chi connectivity index (χ2n) is 4.72. The molecule has 0 aromatic heterocycles. The predicted octanol–water partition coefficient (Wildman–Crippen LogP) is 3.84. The van der Waals surface area contributed by atoms with Gasteiger partial charge in [-0.3, -0.25) is 4.79 Å². The minimum absolute atomic E-state index is 0.123. The maximum absolute atomic E-state index is 11.7. The van der Waals surface area contributed by atoms with E-state index in [0.717, 1.165) is 10.2 Å². The number of nitrogens with one attached hydrogen (secondary N) is 1. The van der Waals surface area contributed by atoms with Gasteiger partial charge in [-0.1, -0.05) is 41.9 Å². The molecule has 4 heteroatoms. The molecule has 0 saturated carbocycles. The standard InChI is InChI=1S/C14H20BrNOS/c1-10(2)11(3)16-14(17)9-18-8-12-4-6-13(15)7-5-12/h4-7,10-11H,8-9H2,1-3H3,(H,16,17)/t11-/m0/s1. The van der Waals surface area contributed by atoms with E-state index >= 15 is 0 Å². The highest BCUT2D eigenvalue weighted by Crippen LogP contribution is 2.15. The first-order chi connectivity index (χ1) is 8.49. The molecule has 0 bridgehead atoms. The van der Waals surface area contributed by atoms with Crippen LogP contribution < -0.4 is 5.32 Å². The average Bonchev–Trinajstić information content (AvgIpc) is 2.31. The van der Waals surface area contributed by atoms with Gasteiger partial charge in [-0.2, -0.15) is 0 Å². The molecule has 0 unspecified atom stereocenters. The average molecular weight is 330 g/mol. The summed E-state index contributed by atoms with van der Waals surface area (Å²) in [5, 5.41) is 3.01. The van der Waals surface area contributed by atoms with Crippen LogP contribution in [0.15, 0.2) is 28.7 Å². The van der Waals surface area contributed by atoms with Crippen molar-refractivity contribution in [2.24, 2.45) is 5.92 Å². The number of carbonyl (C=O) groups is 1. The van der Waals surface area contributed by atoms with Gasteiger partial charge < -0.3 is 5.32 Å². The van der Waals surface area contributed by atoms with Crippen molar-refractivity contribution in [3.8, 4) is 0 Å². The minimum Gasteiger partial charge on any atom is -0.353 e. The second-order valence-corrected chi connectivity index (χ2v) is 6.62. The van der Waals surface area contributed by atoms with Crippen LogP contribution >= 0.6 is 27.7 Å². The molecule has 0 aliphatic heterocycles. The Bertz CT molecular complexity index is 378. The van der Waals surface area contributed by atoms with Crippen molar-refractivity contribution in [1.29, 1.82) is 0 Å². The van der Waals surface area contributed by atoms with Gasteiger partial charge in [-0.05, 0) is 30.5 Å². The third-order valence-electron chi connectivity index (χ3n) is 2.80. The Hall–Kier alpha value is -0.480. The quantitative estimate of drug-likeness (QED) is 0.859. The van der Waals surface area contributed by atoms with Crippen molar-refractivity contribution in [3.05, 3.63) is 34.3 Å². The first kappa shape index (κ1) is 15.6. The van der Waals surface area contributed by atoms with Gasteiger partial charge >= 0.3 is 0 Å². The summed E-state index contributed by atoms with van der Waals surface area (Å²) in [4.78, 5) is 11.7. The van der Waals surface area contributed by atoms with Gasteiger partial charge in [0.05, 0.1) is 5.75 Å². The first-order valence-electron chi connectivity index (χ1n) is 6.10. The Morgan fingerprint density at radius 1 is 1.28 bits per heavy atom. The number of carbonyl (C=O) groups excluding carboxylic acids is 1. The van der Waals surface area contributed by atoms with E-state index in [1.807, 2.05) is 19.1 Å². The Balaban J connectivity index is 2.25. The van der Waals surface area contributed by atoms with Gasteiger partial charge in [0.25, 0.3) is 0 Å². The third kappa shape index (κ3) is 5.91. The maximum Gasteiger partial charge on any atom is 0.230 e. The summed E-state index contributed by atoms with van der Waals surface area (Å²) in [5.41, 5.74) is 1.24. The Morgan fingerprint density at radius 2 is 1.89 bits per heavy atom. The van der Waals surface area contributed by atoms with Crippen LogP contribution in [-0.4, -0.2) is 17.7 Å². The van der Waals surface area contributed by atoms with Crippen molar-refractivity contribution in [1.82, 2.24) is 5.32 Å². The minimum atomic E-state index is 0.123. The van der Waals surface area contributed by atoms with Crippen LogP contribution in [-0.2, 0) is 10.5 Å². The summed E-state index contributed by atoms with van der Waals surface area (Å²) in [7, 11) is 0. The lowest BCUT2D eigenvalue weighted by molar-refractivity contribution is -0.119. The summed E-state index contributed by atoms with van der Waals surface area (Å²) in [5.74, 6) is 1.99. The molecule has 100 valence electrons. The molecule has 1 aromatic rings. The zero-order valence-electron chi connectivity index (χ0n) is 11.1. The summed E-state index contributed by atoms with van der Waals surface area (Å²) in [6, 6.07) is 8.44. The van der Waals surface area contributed by atoms with Crippen LogP contribution in [0.5, 0.6) is 0 Å². The topological polar surface area (TPSA) is 29.1 Å². The zero-order chi connectivity index (χ0) is 13.5. The maximum atomic E-state index is 11.7. The fourth-order valence-electron chi connectivity index (χ4n) is 1.30. The zero-order valence-corrected chi connectivity index (χ0v) is 13.5. The van der Waals surface area contributed by atoms with E-state index in [4.69, 9.17) is 0 Å². The lowest BCUT2D eigenvalue weighted by Gasteiger charge is -2.17. The molecule has 0 aliphatic rings. The van der Waals surface area contributed by atoms with Crippen molar-refractivity contribution >= 4 is 33.6 Å². The van der Waals surface area contributed by atoms with E-state index in [0.29, 0.717) is 11.7 Å². The monoisotopic (exact) mass is 329 g/mol. The fraction of sp³-hybridized carbons (Fsp3) is 0.500. The molecule has 1 rings (SSSR count). The Labute approximate surface area is 122 Å². The number of hydrogen-bond acceptors (Lipinski definition) is 2. The van der Waals surface area contributed by atoms with Crippen LogP contribution in [0.2, 0.25) is 0 Å². The molecule has 0 heterocycles. The van der Waals surface area contributed by atoms with Gasteiger partial charge in [0, 0.05) is 16.3 Å². The van der Waals surface area contributed by atoms with E-state index in [1.165, 1.54) is 5.56 Å². The van der Waals surface area contributed by atoms with Crippen LogP contribution in [0.3, 0.4) is 0 Å². The molecule has 0 radical (unpaired) electrons. The third-order valence-corrected chi connectivity index (χ3v) is 4.34. The van der Waals surface area contributed by atoms with Gasteiger partial charge in [0.2, 0.25) is 5.91 Å². The molecule has 1 atom stereocenters. The molecule has 0 aliphatic carbocycles. The summed E-state index contributed by atoms with van der Waals surface area (Å²) in [6.45, 7) is 6.27. The van der Waals surface area contributed by atoms with E-state index in [9.17, 15) is 4.79 Å². The molecular formula is C14H20BrNOS. The Morgan fingerprint density at radius 3 is 2.44 bits per heavy atom. The van der Waals surface area contributed by atoms with Gasteiger partial charge in [-0.25, -0.2) is 0 Å². The molecule has 0 spiro atoms. The molecule has 1 N–H and O–H groups in total. The van der Waals surface area contributed by atoms with Crippen LogP contribution in [0.25, 0.3) is 0 Å². The van der Waals surface area contributed by atoms with Crippen LogP contribution in [0, 0.1) is 5.92 Å². The fourth-order valence-corrected chi connectivity index (χ4v) is 2.37. The van der Waals surface area contributed by atoms with E-state index in [2.05, 4.69) is 47.2 Å². The lowest BCUT2D eigenvalue weighted by Crippen LogP contribution is -2.37. The summed E-state index contributed by atoms with van der Waals surface area (Å²) < 4.78 is 1.08.